The molecule has 0 aromatic heterocycles. The highest BCUT2D eigenvalue weighted by Crippen LogP contribution is 2.29. The van der Waals surface area contributed by atoms with E-state index in [1.54, 1.807) is 0 Å². The monoisotopic (exact) mass is 379 g/mol. The number of carbonyl (C=O) groups is 1. The Labute approximate surface area is 167 Å². The highest BCUT2D eigenvalue weighted by molar-refractivity contribution is 5.80. The van der Waals surface area contributed by atoms with Crippen LogP contribution in [0.25, 0.3) is 0 Å². The van der Waals surface area contributed by atoms with E-state index in [1.807, 2.05) is 30.3 Å². The van der Waals surface area contributed by atoms with Crippen molar-refractivity contribution in [3.05, 3.63) is 59.7 Å². The van der Waals surface area contributed by atoms with Crippen molar-refractivity contribution >= 4 is 17.3 Å². The summed E-state index contributed by atoms with van der Waals surface area (Å²) in [5, 5.41) is 3.47. The lowest BCUT2D eigenvalue weighted by atomic mass is 10.1. The van der Waals surface area contributed by atoms with Crippen LogP contribution in [-0.4, -0.2) is 50.1 Å². The molecule has 5 nitrogen and oxygen atoms in total. The minimum atomic E-state index is -0.285. The van der Waals surface area contributed by atoms with Gasteiger partial charge in [0, 0.05) is 37.6 Å². The molecule has 1 saturated heterocycles. The fourth-order valence-corrected chi connectivity index (χ4v) is 3.94. The van der Waals surface area contributed by atoms with Gasteiger partial charge < -0.3 is 19.9 Å². The minimum Gasteiger partial charge on any atom is -0.459 e. The van der Waals surface area contributed by atoms with Crippen LogP contribution in [0.5, 0.6) is 0 Å². The molecule has 1 N–H and O–H groups in total. The van der Waals surface area contributed by atoms with E-state index in [-0.39, 0.29) is 12.0 Å². The number of hydrogen-bond acceptors (Lipinski definition) is 5. The molecule has 0 amide bonds. The summed E-state index contributed by atoms with van der Waals surface area (Å²) in [4.78, 5) is 17.4. The lowest BCUT2D eigenvalue weighted by Crippen LogP contribution is -2.44. The Kier molecular flexibility index (Phi) is 5.81. The van der Waals surface area contributed by atoms with Gasteiger partial charge in [-0.05, 0) is 49.6 Å². The first-order valence-corrected chi connectivity index (χ1v) is 10.2. The van der Waals surface area contributed by atoms with Crippen LogP contribution in [0.1, 0.15) is 24.0 Å². The second kappa shape index (κ2) is 8.65. The number of anilines is 2. The lowest BCUT2D eigenvalue weighted by molar-refractivity contribution is -0.146. The van der Waals surface area contributed by atoms with Crippen LogP contribution in [0.15, 0.2) is 48.5 Å². The van der Waals surface area contributed by atoms with Crippen molar-refractivity contribution in [2.75, 3.05) is 43.4 Å². The number of piperazine rings is 1. The maximum Gasteiger partial charge on any atom is 0.328 e. The van der Waals surface area contributed by atoms with E-state index in [9.17, 15) is 4.79 Å². The molecule has 1 atom stereocenters. The van der Waals surface area contributed by atoms with Gasteiger partial charge in [0.05, 0.1) is 0 Å². The second-order valence-electron chi connectivity index (χ2n) is 7.81. The predicted octanol–water partition coefficient (Wildman–Crippen LogP) is 3.30. The molecule has 0 aliphatic carbocycles. The van der Waals surface area contributed by atoms with E-state index < -0.39 is 0 Å². The molecule has 0 radical (unpaired) electrons. The third kappa shape index (κ3) is 4.47. The van der Waals surface area contributed by atoms with Crippen molar-refractivity contribution in [2.24, 2.45) is 0 Å². The Morgan fingerprint density at radius 3 is 2.68 bits per heavy atom. The van der Waals surface area contributed by atoms with Crippen LogP contribution >= 0.6 is 0 Å². The van der Waals surface area contributed by atoms with Gasteiger partial charge in [0.2, 0.25) is 0 Å². The molecule has 2 aromatic carbocycles. The van der Waals surface area contributed by atoms with Crippen LogP contribution in [0.2, 0.25) is 0 Å². The zero-order valence-corrected chi connectivity index (χ0v) is 16.6. The smallest absolute Gasteiger partial charge is 0.328 e. The molecule has 2 heterocycles. The van der Waals surface area contributed by atoms with E-state index in [2.05, 4.69) is 40.4 Å². The molecule has 1 unspecified atom stereocenters. The van der Waals surface area contributed by atoms with Gasteiger partial charge in [-0.3, -0.25) is 0 Å². The first-order valence-electron chi connectivity index (χ1n) is 10.2. The van der Waals surface area contributed by atoms with Gasteiger partial charge in [-0.1, -0.05) is 36.4 Å². The number of ether oxygens (including phenoxy) is 1. The third-order valence-corrected chi connectivity index (χ3v) is 5.74. The third-order valence-electron chi connectivity index (χ3n) is 5.74. The number of benzene rings is 2. The van der Waals surface area contributed by atoms with Gasteiger partial charge in [-0.2, -0.15) is 0 Å². The summed E-state index contributed by atoms with van der Waals surface area (Å²) in [6.07, 6.45) is 2.78. The fraction of sp³-hybridized carbons (Fsp3) is 0.435. The molecule has 28 heavy (non-hydrogen) atoms. The Hall–Kier alpha value is -2.53. The van der Waals surface area contributed by atoms with Gasteiger partial charge in [-0.15, -0.1) is 0 Å². The van der Waals surface area contributed by atoms with Crippen molar-refractivity contribution < 1.29 is 9.53 Å². The van der Waals surface area contributed by atoms with Crippen molar-refractivity contribution in [1.82, 2.24) is 4.90 Å². The number of fused-ring (bicyclic) bond motifs is 1. The highest BCUT2D eigenvalue weighted by atomic mass is 16.5. The summed E-state index contributed by atoms with van der Waals surface area (Å²) in [6, 6.07) is 16.2. The summed E-state index contributed by atoms with van der Waals surface area (Å²) < 4.78 is 5.58. The molecule has 5 heteroatoms. The SMILES string of the molecule is CN1CCN(c2ccc3c(c2)NC(C(=O)OCc2ccccc2)CCC3)CC1. The van der Waals surface area contributed by atoms with Crippen LogP contribution in [-0.2, 0) is 22.6 Å². The molecule has 1 fully saturated rings. The molecule has 4 rings (SSSR count). The van der Waals surface area contributed by atoms with E-state index in [4.69, 9.17) is 4.74 Å². The van der Waals surface area contributed by atoms with Crippen molar-refractivity contribution in [1.29, 1.82) is 0 Å². The molecule has 148 valence electrons. The van der Waals surface area contributed by atoms with E-state index in [0.717, 1.165) is 56.7 Å². The molecular weight excluding hydrogens is 350 g/mol. The zero-order chi connectivity index (χ0) is 19.3. The molecule has 2 aliphatic heterocycles. The summed E-state index contributed by atoms with van der Waals surface area (Å²) in [7, 11) is 2.17. The van der Waals surface area contributed by atoms with Crippen molar-refractivity contribution in [2.45, 2.75) is 31.9 Å². The van der Waals surface area contributed by atoms with Crippen LogP contribution in [0, 0.1) is 0 Å². The molecule has 0 spiro atoms. The van der Waals surface area contributed by atoms with Crippen LogP contribution in [0.3, 0.4) is 0 Å². The maximum absolute atomic E-state index is 12.7. The van der Waals surface area contributed by atoms with Crippen LogP contribution < -0.4 is 10.2 Å². The van der Waals surface area contributed by atoms with Gasteiger partial charge in [0.15, 0.2) is 0 Å². The van der Waals surface area contributed by atoms with Gasteiger partial charge in [0.1, 0.15) is 12.6 Å². The molecule has 0 bridgehead atoms. The quantitative estimate of drug-likeness (QED) is 0.826. The number of nitrogens with zero attached hydrogens (tertiary/aromatic N) is 2. The number of likely N-dealkylation sites (N-methyl/N-ethyl adjacent to an activating group) is 1. The second-order valence-corrected chi connectivity index (χ2v) is 7.81. The molecular formula is C23H29N3O2. The largest absolute Gasteiger partial charge is 0.459 e. The molecule has 0 saturated carbocycles. The van der Waals surface area contributed by atoms with E-state index in [1.165, 1.54) is 11.3 Å². The number of carbonyl (C=O) groups excluding carboxylic acids is 1. The number of nitrogens with one attached hydrogen (secondary N) is 1. The standard InChI is InChI=1S/C23H29N3O2/c1-25-12-14-26(15-13-25)20-11-10-19-8-5-9-21(24-22(19)16-20)23(27)28-17-18-6-3-2-4-7-18/h2-4,6-7,10-11,16,21,24H,5,8-9,12-15,17H2,1H3. The Balaban J connectivity index is 1.43. The maximum atomic E-state index is 12.7. The van der Waals surface area contributed by atoms with Gasteiger partial charge in [-0.25, -0.2) is 4.79 Å². The minimum absolute atomic E-state index is 0.165. The first-order chi connectivity index (χ1) is 13.7. The van der Waals surface area contributed by atoms with E-state index >= 15 is 0 Å². The first kappa shape index (κ1) is 18.8. The number of rotatable bonds is 4. The summed E-state index contributed by atoms with van der Waals surface area (Å²) in [5.74, 6) is -0.165. The molecule has 2 aromatic rings. The number of aryl methyl sites for hydroxylation is 1. The average molecular weight is 380 g/mol. The van der Waals surface area contributed by atoms with Crippen molar-refractivity contribution in [3.63, 3.8) is 0 Å². The topological polar surface area (TPSA) is 44.8 Å². The van der Waals surface area contributed by atoms with E-state index in [0.29, 0.717) is 6.61 Å². The molecule has 2 aliphatic rings. The Morgan fingerprint density at radius 2 is 1.89 bits per heavy atom. The van der Waals surface area contributed by atoms with Crippen molar-refractivity contribution in [3.8, 4) is 0 Å². The highest BCUT2D eigenvalue weighted by Gasteiger charge is 2.24. The van der Waals surface area contributed by atoms with Gasteiger partial charge >= 0.3 is 5.97 Å². The zero-order valence-electron chi connectivity index (χ0n) is 16.6. The summed E-state index contributed by atoms with van der Waals surface area (Å²) >= 11 is 0. The lowest BCUT2D eigenvalue weighted by Gasteiger charge is -2.34. The Bertz CT molecular complexity index is 801. The van der Waals surface area contributed by atoms with Crippen LogP contribution in [0.4, 0.5) is 11.4 Å². The summed E-state index contributed by atoms with van der Waals surface area (Å²) in [5.41, 5.74) is 4.62. The van der Waals surface area contributed by atoms with Gasteiger partial charge in [0.25, 0.3) is 0 Å². The normalized spacial score (nSPS) is 20.0. The Morgan fingerprint density at radius 1 is 1.11 bits per heavy atom. The average Bonchev–Trinajstić information content (AvgIpc) is 2.95. The summed E-state index contributed by atoms with van der Waals surface area (Å²) in [6.45, 7) is 4.57. The fourth-order valence-electron chi connectivity index (χ4n) is 3.94. The number of esters is 1. The number of hydrogen-bond donors (Lipinski definition) is 1. The predicted molar refractivity (Wildman–Crippen MR) is 113 cm³/mol.